The number of halogens is 3. The van der Waals surface area contributed by atoms with Gasteiger partial charge < -0.3 is 10.1 Å². The van der Waals surface area contributed by atoms with Crippen molar-refractivity contribution in [3.63, 3.8) is 0 Å². The first-order valence-electron chi connectivity index (χ1n) is 5.48. The number of benzene rings is 1. The number of nitrogens with one attached hydrogen (secondary N) is 1. The lowest BCUT2D eigenvalue weighted by atomic mass is 9.82. The van der Waals surface area contributed by atoms with E-state index in [4.69, 9.17) is 0 Å². The second-order valence-electron chi connectivity index (χ2n) is 4.52. The Morgan fingerprint density at radius 1 is 1.41 bits per heavy atom. The molecule has 1 aliphatic heterocycles. The van der Waals surface area contributed by atoms with Crippen molar-refractivity contribution in [3.05, 3.63) is 23.8 Å². The van der Waals surface area contributed by atoms with E-state index in [0.29, 0.717) is 0 Å². The Balaban J connectivity index is 2.34. The lowest BCUT2D eigenvalue weighted by Gasteiger charge is -2.22. The molecule has 2 nitrogen and oxygen atoms in total. The van der Waals surface area contributed by atoms with E-state index in [2.05, 4.69) is 10.1 Å². The summed E-state index contributed by atoms with van der Waals surface area (Å²) in [6.45, 7) is 4.80. The average Bonchev–Trinajstić information content (AvgIpc) is 2.55. The predicted molar refractivity (Wildman–Crippen MR) is 59.3 cm³/mol. The molecule has 1 aromatic rings. The quantitative estimate of drug-likeness (QED) is 0.858. The molecule has 17 heavy (non-hydrogen) atoms. The van der Waals surface area contributed by atoms with Crippen molar-refractivity contribution in [2.45, 2.75) is 32.0 Å². The Morgan fingerprint density at radius 3 is 2.71 bits per heavy atom. The van der Waals surface area contributed by atoms with Gasteiger partial charge in [-0.25, -0.2) is 0 Å². The zero-order chi connectivity index (χ0) is 12.7. The molecule has 1 aliphatic rings. The van der Waals surface area contributed by atoms with E-state index in [-0.39, 0.29) is 11.2 Å². The largest absolute Gasteiger partial charge is 0.573 e. The van der Waals surface area contributed by atoms with Gasteiger partial charge in [-0.05, 0) is 30.2 Å². The highest BCUT2D eigenvalue weighted by Crippen LogP contribution is 2.41. The van der Waals surface area contributed by atoms with Gasteiger partial charge in [-0.1, -0.05) is 13.8 Å². The molecule has 1 atom stereocenters. The number of fused-ring (bicyclic) bond motifs is 1. The van der Waals surface area contributed by atoms with E-state index in [1.54, 1.807) is 6.07 Å². The van der Waals surface area contributed by atoms with E-state index < -0.39 is 6.36 Å². The molecule has 1 N–H and O–H groups in total. The molecular weight excluding hydrogens is 231 g/mol. The van der Waals surface area contributed by atoms with Crippen molar-refractivity contribution in [1.82, 2.24) is 0 Å². The van der Waals surface area contributed by atoms with E-state index in [9.17, 15) is 13.2 Å². The first-order chi connectivity index (χ1) is 7.84. The smallest absolute Gasteiger partial charge is 0.406 e. The Labute approximate surface area is 97.8 Å². The fourth-order valence-electron chi connectivity index (χ4n) is 2.07. The monoisotopic (exact) mass is 245 g/mol. The molecule has 0 aromatic heterocycles. The number of hydrogen-bond acceptors (Lipinski definition) is 2. The molecule has 0 bridgehead atoms. The number of ether oxygens (including phenoxy) is 1. The first kappa shape index (κ1) is 12.1. The lowest BCUT2D eigenvalue weighted by Crippen LogP contribution is -2.23. The summed E-state index contributed by atoms with van der Waals surface area (Å²) in [5.74, 6) is -0.153. The molecular formula is C12H14F3NO. The minimum atomic E-state index is -4.64. The van der Waals surface area contributed by atoms with Crippen LogP contribution in [0.2, 0.25) is 0 Å². The van der Waals surface area contributed by atoms with Crippen LogP contribution < -0.4 is 10.1 Å². The van der Waals surface area contributed by atoms with Gasteiger partial charge in [-0.2, -0.15) is 0 Å². The van der Waals surface area contributed by atoms with Crippen LogP contribution in [0.1, 0.15) is 25.8 Å². The van der Waals surface area contributed by atoms with Crippen molar-refractivity contribution >= 4 is 5.69 Å². The normalized spacial score (nSPS) is 23.1. The molecule has 94 valence electrons. The van der Waals surface area contributed by atoms with E-state index in [1.807, 2.05) is 13.8 Å². The van der Waals surface area contributed by atoms with Crippen LogP contribution in [-0.2, 0) is 5.41 Å². The van der Waals surface area contributed by atoms with E-state index in [1.165, 1.54) is 12.1 Å². The third-order valence-electron chi connectivity index (χ3n) is 3.32. The number of anilines is 1. The highest BCUT2D eigenvalue weighted by molar-refractivity contribution is 5.62. The van der Waals surface area contributed by atoms with Crippen LogP contribution in [-0.4, -0.2) is 12.9 Å². The van der Waals surface area contributed by atoms with Crippen LogP contribution in [0.25, 0.3) is 0 Å². The first-order valence-corrected chi connectivity index (χ1v) is 5.48. The second kappa shape index (κ2) is 3.82. The number of rotatable bonds is 2. The molecule has 1 aromatic carbocycles. The van der Waals surface area contributed by atoms with Crippen molar-refractivity contribution in [2.75, 3.05) is 11.9 Å². The van der Waals surface area contributed by atoms with Crippen LogP contribution in [0.15, 0.2) is 18.2 Å². The van der Waals surface area contributed by atoms with Crippen molar-refractivity contribution in [1.29, 1.82) is 0 Å². The SMILES string of the molecule is CCC1(C)CNc2ccc(OC(F)(F)F)cc21. The van der Waals surface area contributed by atoms with Gasteiger partial charge in [0.25, 0.3) is 0 Å². The van der Waals surface area contributed by atoms with Crippen molar-refractivity contribution in [3.8, 4) is 5.75 Å². The third-order valence-corrected chi connectivity index (χ3v) is 3.32. The van der Waals surface area contributed by atoms with E-state index in [0.717, 1.165) is 24.2 Å². The average molecular weight is 245 g/mol. The molecule has 0 saturated heterocycles. The second-order valence-corrected chi connectivity index (χ2v) is 4.52. The maximum absolute atomic E-state index is 12.1. The minimum Gasteiger partial charge on any atom is -0.406 e. The summed E-state index contributed by atoms with van der Waals surface area (Å²) < 4.78 is 40.3. The summed E-state index contributed by atoms with van der Waals surface area (Å²) in [4.78, 5) is 0. The molecule has 0 spiro atoms. The molecule has 5 heteroatoms. The van der Waals surface area contributed by atoms with Crippen LogP contribution >= 0.6 is 0 Å². The topological polar surface area (TPSA) is 21.3 Å². The maximum Gasteiger partial charge on any atom is 0.573 e. The summed E-state index contributed by atoms with van der Waals surface area (Å²) in [5.41, 5.74) is 1.66. The molecule has 2 rings (SSSR count). The minimum absolute atomic E-state index is 0.125. The third kappa shape index (κ3) is 2.33. The number of hydrogen-bond donors (Lipinski definition) is 1. The fourth-order valence-corrected chi connectivity index (χ4v) is 2.07. The summed E-state index contributed by atoms with van der Waals surface area (Å²) in [6, 6.07) is 4.45. The van der Waals surface area contributed by atoms with Gasteiger partial charge in [0.2, 0.25) is 0 Å². The molecule has 1 unspecified atom stereocenters. The van der Waals surface area contributed by atoms with Crippen LogP contribution in [0.5, 0.6) is 5.75 Å². The van der Waals surface area contributed by atoms with Gasteiger partial charge in [0.05, 0.1) is 0 Å². The zero-order valence-electron chi connectivity index (χ0n) is 9.69. The van der Waals surface area contributed by atoms with Crippen molar-refractivity contribution < 1.29 is 17.9 Å². The Bertz CT molecular complexity index is 430. The Hall–Kier alpha value is -1.39. The fraction of sp³-hybridized carbons (Fsp3) is 0.500. The predicted octanol–water partition coefficient (Wildman–Crippen LogP) is 3.68. The van der Waals surface area contributed by atoms with Gasteiger partial charge in [0, 0.05) is 17.6 Å². The maximum atomic E-state index is 12.1. The molecule has 0 aliphatic carbocycles. The van der Waals surface area contributed by atoms with Gasteiger partial charge in [0.15, 0.2) is 0 Å². The lowest BCUT2D eigenvalue weighted by molar-refractivity contribution is -0.274. The standard InChI is InChI=1S/C12H14F3NO/c1-3-11(2)7-16-10-5-4-8(6-9(10)11)17-12(13,14)15/h4-6,16H,3,7H2,1-2H3. The van der Waals surface area contributed by atoms with Gasteiger partial charge in [-0.3, -0.25) is 0 Å². The summed E-state index contributed by atoms with van der Waals surface area (Å²) in [5, 5.41) is 3.19. The van der Waals surface area contributed by atoms with Gasteiger partial charge >= 0.3 is 6.36 Å². The van der Waals surface area contributed by atoms with Crippen LogP contribution in [0, 0.1) is 0 Å². The zero-order valence-corrected chi connectivity index (χ0v) is 9.69. The Morgan fingerprint density at radius 2 is 2.12 bits per heavy atom. The summed E-state index contributed by atoms with van der Waals surface area (Å²) in [7, 11) is 0. The molecule has 0 amide bonds. The molecule has 0 radical (unpaired) electrons. The molecule has 0 saturated carbocycles. The van der Waals surface area contributed by atoms with Crippen molar-refractivity contribution in [2.24, 2.45) is 0 Å². The van der Waals surface area contributed by atoms with Crippen LogP contribution in [0.3, 0.4) is 0 Å². The highest BCUT2D eigenvalue weighted by atomic mass is 19.4. The summed E-state index contributed by atoms with van der Waals surface area (Å²) >= 11 is 0. The highest BCUT2D eigenvalue weighted by Gasteiger charge is 2.35. The Kier molecular flexibility index (Phi) is 2.72. The van der Waals surface area contributed by atoms with E-state index >= 15 is 0 Å². The van der Waals surface area contributed by atoms with Gasteiger partial charge in [-0.15, -0.1) is 13.2 Å². The summed E-state index contributed by atoms with van der Waals surface area (Å²) in [6.07, 6.45) is -3.77. The number of alkyl halides is 3. The van der Waals surface area contributed by atoms with Crippen LogP contribution in [0.4, 0.5) is 18.9 Å². The van der Waals surface area contributed by atoms with Gasteiger partial charge in [0.1, 0.15) is 5.75 Å². The molecule has 1 heterocycles. The molecule has 0 fully saturated rings.